The van der Waals surface area contributed by atoms with E-state index in [4.69, 9.17) is 15.0 Å². The molecule has 1 aliphatic heterocycles. The maximum Gasteiger partial charge on any atom is 0.472 e. The van der Waals surface area contributed by atoms with E-state index in [1.54, 1.807) is 6.08 Å². The van der Waals surface area contributed by atoms with Gasteiger partial charge in [0.1, 0.15) is 30.2 Å². The third-order valence-corrected chi connectivity index (χ3v) is 8.85. The number of rotatable bonds is 21. The Labute approximate surface area is 295 Å². The van der Waals surface area contributed by atoms with Gasteiger partial charge >= 0.3 is 7.82 Å². The zero-order valence-electron chi connectivity index (χ0n) is 29.2. The van der Waals surface area contributed by atoms with Gasteiger partial charge in [0, 0.05) is 45.3 Å². The summed E-state index contributed by atoms with van der Waals surface area (Å²) < 4.78 is 26.6. The van der Waals surface area contributed by atoms with E-state index in [0.29, 0.717) is 5.69 Å². The Balaban J connectivity index is 2.26. The lowest BCUT2D eigenvalue weighted by atomic mass is 10.0. The maximum absolute atomic E-state index is 13.7. The van der Waals surface area contributed by atoms with Crippen LogP contribution in [-0.4, -0.2) is 130 Å². The van der Waals surface area contributed by atoms with Gasteiger partial charge in [-0.3, -0.25) is 37.8 Å². The molecule has 2 heterocycles. The second-order valence-corrected chi connectivity index (χ2v) is 13.8. The van der Waals surface area contributed by atoms with E-state index in [9.17, 15) is 43.3 Å². The van der Waals surface area contributed by atoms with Crippen LogP contribution in [0.25, 0.3) is 0 Å². The Kier molecular flexibility index (Phi) is 16.8. The van der Waals surface area contributed by atoms with Gasteiger partial charge in [-0.15, -0.1) is 6.58 Å². The number of ether oxygens (including phenoxy) is 1. The molecule has 0 radical (unpaired) electrons. The molecule has 1 aromatic rings. The summed E-state index contributed by atoms with van der Waals surface area (Å²) in [6.45, 7) is 9.16. The maximum atomic E-state index is 13.7. The Bertz CT molecular complexity index is 1430. The minimum Gasteiger partial charge on any atom is -0.394 e. The monoisotopic (exact) mass is 744 g/mol. The van der Waals surface area contributed by atoms with Gasteiger partial charge in [0.2, 0.25) is 35.4 Å². The van der Waals surface area contributed by atoms with Crippen LogP contribution in [0.1, 0.15) is 46.2 Å². The average Bonchev–Trinajstić information content (AvgIpc) is 3.74. The zero-order chi connectivity index (χ0) is 38.5. The number of nitrogens with zero attached hydrogens (tertiary/aromatic N) is 2. The molecule has 1 aromatic heterocycles. The van der Waals surface area contributed by atoms with Gasteiger partial charge in [-0.2, -0.15) is 0 Å². The summed E-state index contributed by atoms with van der Waals surface area (Å²) in [6.07, 6.45) is 2.57. The number of imidazole rings is 1. The summed E-state index contributed by atoms with van der Waals surface area (Å²) in [5.74, 6) is -5.02. The average molecular weight is 745 g/mol. The minimum absolute atomic E-state index is 0.104. The highest BCUT2D eigenvalue weighted by atomic mass is 31.2. The number of phosphoric acid groups is 1. The largest absolute Gasteiger partial charge is 0.472 e. The van der Waals surface area contributed by atoms with Crippen LogP contribution < -0.4 is 27.0 Å². The van der Waals surface area contributed by atoms with Crippen molar-refractivity contribution in [3.8, 4) is 0 Å². The van der Waals surface area contributed by atoms with Crippen LogP contribution in [0.4, 0.5) is 0 Å². The number of H-pyrrole nitrogens is 1. The van der Waals surface area contributed by atoms with E-state index in [0.717, 1.165) is 14.0 Å². The van der Waals surface area contributed by atoms with Crippen molar-refractivity contribution in [3.05, 3.63) is 30.9 Å². The number of primary amides is 1. The first-order valence-corrected chi connectivity index (χ1v) is 17.6. The summed E-state index contributed by atoms with van der Waals surface area (Å²) in [6, 6.07) is -6.84. The summed E-state index contributed by atoms with van der Waals surface area (Å²) in [5.41, 5.74) is 5.75. The molecule has 3 unspecified atom stereocenters. The molecule has 0 bridgehead atoms. The highest BCUT2D eigenvalue weighted by Crippen LogP contribution is 2.43. The van der Waals surface area contributed by atoms with Crippen LogP contribution in [0.5, 0.6) is 0 Å². The first-order valence-electron chi connectivity index (χ1n) is 16.1. The molecule has 0 aromatic carbocycles. The number of likely N-dealkylation sites (tertiary alicyclic amines) is 1. The van der Waals surface area contributed by atoms with Crippen molar-refractivity contribution in [1.29, 1.82) is 0 Å². The zero-order valence-corrected chi connectivity index (χ0v) is 30.1. The van der Waals surface area contributed by atoms with Crippen LogP contribution in [0, 0.1) is 5.92 Å². The van der Waals surface area contributed by atoms with E-state index in [-0.39, 0.29) is 44.2 Å². The third-order valence-electron chi connectivity index (χ3n) is 7.79. The van der Waals surface area contributed by atoms with Crippen LogP contribution in [-0.2, 0) is 53.5 Å². The fraction of sp³-hybridized carbons (Fsp3) is 0.633. The van der Waals surface area contributed by atoms with Crippen LogP contribution >= 0.6 is 7.82 Å². The Morgan fingerprint density at radius 3 is 2.25 bits per heavy atom. The first-order chi connectivity index (χ1) is 23.9. The molecule has 1 fully saturated rings. The fourth-order valence-electron chi connectivity index (χ4n) is 5.24. The molecule has 9 N–H and O–H groups in total. The van der Waals surface area contributed by atoms with Gasteiger partial charge in [0.05, 0.1) is 31.7 Å². The lowest BCUT2D eigenvalue weighted by molar-refractivity contribution is -0.139. The molecule has 1 saturated heterocycles. The Morgan fingerprint density at radius 2 is 1.73 bits per heavy atom. The highest BCUT2D eigenvalue weighted by Gasteiger charge is 2.41. The summed E-state index contributed by atoms with van der Waals surface area (Å²) >= 11 is 0. The Hall–Kier alpha value is -4.20. The predicted octanol–water partition coefficient (Wildman–Crippen LogP) is -2.24. The van der Waals surface area contributed by atoms with E-state index in [1.807, 2.05) is 13.8 Å². The number of aliphatic hydroxyl groups excluding tert-OH is 1. The quantitative estimate of drug-likeness (QED) is 0.0489. The van der Waals surface area contributed by atoms with Crippen molar-refractivity contribution in [3.63, 3.8) is 0 Å². The third kappa shape index (κ3) is 13.5. The number of hydrogen-bond donors (Lipinski definition) is 8. The number of carbonyl (C=O) groups excluding carboxylic acids is 6. The second-order valence-electron chi connectivity index (χ2n) is 12.3. The van der Waals surface area contributed by atoms with Gasteiger partial charge in [-0.1, -0.05) is 19.9 Å². The number of nitrogens with one attached hydrogen (secondary N) is 5. The lowest BCUT2D eigenvalue weighted by Gasteiger charge is -2.28. The molecule has 0 aliphatic carbocycles. The number of nitrogens with two attached hydrogens (primary N) is 1. The van der Waals surface area contributed by atoms with Crippen molar-refractivity contribution in [2.24, 2.45) is 11.7 Å². The van der Waals surface area contributed by atoms with E-state index < -0.39 is 86.4 Å². The number of hydrogen-bond acceptors (Lipinski definition) is 12. The van der Waals surface area contributed by atoms with Gasteiger partial charge in [-0.05, 0) is 19.3 Å². The topological polar surface area (TPSA) is 294 Å². The summed E-state index contributed by atoms with van der Waals surface area (Å²) in [4.78, 5) is 95.9. The molecule has 8 atom stereocenters. The number of carbonyl (C=O) groups is 6. The molecule has 21 heteroatoms. The van der Waals surface area contributed by atoms with Crippen molar-refractivity contribution in [2.75, 3.05) is 26.9 Å². The smallest absolute Gasteiger partial charge is 0.394 e. The first kappa shape index (κ1) is 43.0. The van der Waals surface area contributed by atoms with Gasteiger partial charge in [0.15, 0.2) is 0 Å². The molecule has 1 aliphatic rings. The van der Waals surface area contributed by atoms with E-state index >= 15 is 0 Å². The van der Waals surface area contributed by atoms with Crippen LogP contribution in [0.15, 0.2) is 25.2 Å². The predicted molar refractivity (Wildman–Crippen MR) is 179 cm³/mol. The van der Waals surface area contributed by atoms with Crippen LogP contribution in [0.2, 0.25) is 0 Å². The molecule has 2 rings (SSSR count). The summed E-state index contributed by atoms with van der Waals surface area (Å²) in [5, 5.41) is 19.8. The standard InChI is InChI=1S/C30H49N8O12P/c1-7-8-49-20-11-24(38(13-20)18(5)40)30(45)35-21(9-16(2)3)27(42)34-22(10-19-12-32-15-33-19)28(43)36-23(14-39)29(44)37-25(26(31)41)17(4)50-51(46,47)48-6/h7,12,15-17,20-25,39H,1,8-11,13-14H2,2-6H3,(H2,31,41)(H,32,33)(H,34,42)(H,35,45)(H,36,43)(H,37,44)(H,46,47)/t17?,20-,21+,22+,23+,24+,25?/m1/s1. The minimum atomic E-state index is -4.60. The Morgan fingerprint density at radius 1 is 1.10 bits per heavy atom. The molecule has 6 amide bonds. The molecular formula is C30H49N8O12P. The van der Waals surface area contributed by atoms with Crippen molar-refractivity contribution in [2.45, 2.75) is 89.4 Å². The highest BCUT2D eigenvalue weighted by molar-refractivity contribution is 7.47. The molecule has 0 saturated carbocycles. The van der Waals surface area contributed by atoms with Crippen LogP contribution in [0.3, 0.4) is 0 Å². The van der Waals surface area contributed by atoms with E-state index in [1.165, 1.54) is 24.3 Å². The number of phosphoric ester groups is 1. The van der Waals surface area contributed by atoms with Crippen molar-refractivity contribution in [1.82, 2.24) is 36.1 Å². The summed E-state index contributed by atoms with van der Waals surface area (Å²) in [7, 11) is -3.72. The van der Waals surface area contributed by atoms with Crippen molar-refractivity contribution >= 4 is 43.3 Å². The normalized spacial score (nSPS) is 19.9. The van der Waals surface area contributed by atoms with Gasteiger partial charge < -0.3 is 51.6 Å². The van der Waals surface area contributed by atoms with Gasteiger partial charge in [0.25, 0.3) is 0 Å². The molecule has 286 valence electrons. The molecule has 0 spiro atoms. The number of amides is 6. The van der Waals surface area contributed by atoms with Crippen molar-refractivity contribution < 1.29 is 57.1 Å². The second kappa shape index (κ2) is 20.0. The number of aromatic amines is 1. The number of aliphatic hydroxyl groups is 1. The fourth-order valence-corrected chi connectivity index (χ4v) is 5.87. The molecule has 20 nitrogen and oxygen atoms in total. The SMILES string of the molecule is C=CCO[C@@H]1C[C@@H](C(=O)N[C@@H](CC(C)C)C(=O)N[C@@H](Cc2cnc[nH]2)C(=O)N[C@@H](CO)C(=O)NC(C(N)=O)C(C)OP(=O)(O)OC)N(C(C)=O)C1. The van der Waals surface area contributed by atoms with Gasteiger partial charge in [-0.25, -0.2) is 9.55 Å². The van der Waals surface area contributed by atoms with E-state index in [2.05, 4.69) is 42.3 Å². The molecule has 51 heavy (non-hydrogen) atoms. The molecular weight excluding hydrogens is 695 g/mol. The lowest BCUT2D eigenvalue weighted by Crippen LogP contribution is -2.61. The number of aromatic nitrogens is 2.